The van der Waals surface area contributed by atoms with E-state index in [4.69, 9.17) is 4.74 Å². The van der Waals surface area contributed by atoms with Crippen molar-refractivity contribution in [1.82, 2.24) is 4.90 Å². The van der Waals surface area contributed by atoms with Crippen molar-refractivity contribution in [2.24, 2.45) is 5.92 Å². The predicted molar refractivity (Wildman–Crippen MR) is 51.4 cm³/mol. The van der Waals surface area contributed by atoms with Crippen LogP contribution in [-0.2, 0) is 9.53 Å². The van der Waals surface area contributed by atoms with Gasteiger partial charge in [0.25, 0.3) is 0 Å². The van der Waals surface area contributed by atoms with Gasteiger partial charge >= 0.3 is 5.97 Å². The predicted octanol–water partition coefficient (Wildman–Crippen LogP) is 1.28. The van der Waals surface area contributed by atoms with Crippen LogP contribution in [0.3, 0.4) is 0 Å². The second-order valence-electron chi connectivity index (χ2n) is 3.72. The van der Waals surface area contributed by atoms with E-state index in [0.29, 0.717) is 12.6 Å². The fourth-order valence-corrected chi connectivity index (χ4v) is 1.88. The molecule has 0 unspecified atom stereocenters. The van der Waals surface area contributed by atoms with Gasteiger partial charge in [-0.25, -0.2) is 0 Å². The molecule has 0 saturated carbocycles. The zero-order valence-electron chi connectivity index (χ0n) is 8.75. The van der Waals surface area contributed by atoms with E-state index in [1.807, 2.05) is 6.92 Å². The quantitative estimate of drug-likeness (QED) is 0.607. The average Bonchev–Trinajstić information content (AvgIpc) is 2.10. The van der Waals surface area contributed by atoms with E-state index in [9.17, 15) is 4.79 Å². The summed E-state index contributed by atoms with van der Waals surface area (Å²) in [5.41, 5.74) is 0. The number of esters is 1. The van der Waals surface area contributed by atoms with Gasteiger partial charge in [0.2, 0.25) is 0 Å². The van der Waals surface area contributed by atoms with Crippen LogP contribution in [0.4, 0.5) is 0 Å². The summed E-state index contributed by atoms with van der Waals surface area (Å²) >= 11 is 0. The average molecular weight is 185 g/mol. The van der Waals surface area contributed by atoms with E-state index < -0.39 is 0 Å². The van der Waals surface area contributed by atoms with E-state index in [0.717, 1.165) is 19.4 Å². The lowest BCUT2D eigenvalue weighted by Gasteiger charge is -2.35. The first-order chi connectivity index (χ1) is 6.16. The summed E-state index contributed by atoms with van der Waals surface area (Å²) in [6.07, 6.45) is 2.08. The van der Waals surface area contributed by atoms with Gasteiger partial charge in [-0.1, -0.05) is 0 Å². The van der Waals surface area contributed by atoms with Crippen molar-refractivity contribution in [2.45, 2.75) is 32.7 Å². The molecular weight excluding hydrogens is 166 g/mol. The fourth-order valence-electron chi connectivity index (χ4n) is 1.88. The van der Waals surface area contributed by atoms with Crippen molar-refractivity contribution < 1.29 is 9.53 Å². The maximum Gasteiger partial charge on any atom is 0.310 e. The normalized spacial score (nSPS) is 30.1. The molecule has 76 valence electrons. The Bertz CT molecular complexity index is 182. The highest BCUT2D eigenvalue weighted by molar-refractivity contribution is 5.73. The number of ether oxygens (including phenoxy) is 1. The highest BCUT2D eigenvalue weighted by Gasteiger charge is 2.31. The van der Waals surface area contributed by atoms with Crippen LogP contribution >= 0.6 is 0 Å². The monoisotopic (exact) mass is 185 g/mol. The number of hydrogen-bond acceptors (Lipinski definition) is 3. The first-order valence-electron chi connectivity index (χ1n) is 5.03. The molecule has 1 aliphatic rings. The number of likely N-dealkylation sites (tertiary alicyclic amines) is 1. The zero-order valence-corrected chi connectivity index (χ0v) is 8.75. The van der Waals surface area contributed by atoms with Crippen LogP contribution in [0.2, 0.25) is 0 Å². The molecule has 0 spiro atoms. The Balaban J connectivity index is 2.52. The van der Waals surface area contributed by atoms with Crippen LogP contribution in [0.25, 0.3) is 0 Å². The maximum absolute atomic E-state index is 11.5. The highest BCUT2D eigenvalue weighted by Crippen LogP contribution is 2.23. The largest absolute Gasteiger partial charge is 0.466 e. The molecule has 0 amide bonds. The van der Waals surface area contributed by atoms with Crippen LogP contribution in [0.5, 0.6) is 0 Å². The third-order valence-electron chi connectivity index (χ3n) is 2.89. The first-order valence-corrected chi connectivity index (χ1v) is 5.03. The number of carbonyl (C=O) groups excluding carboxylic acids is 1. The van der Waals surface area contributed by atoms with E-state index in [1.165, 1.54) is 0 Å². The van der Waals surface area contributed by atoms with Crippen LogP contribution < -0.4 is 0 Å². The molecule has 0 aromatic heterocycles. The highest BCUT2D eigenvalue weighted by atomic mass is 16.5. The third-order valence-corrected chi connectivity index (χ3v) is 2.89. The van der Waals surface area contributed by atoms with Crippen molar-refractivity contribution >= 4 is 5.97 Å². The summed E-state index contributed by atoms with van der Waals surface area (Å²) in [5.74, 6) is 0.0558. The molecule has 1 aliphatic heterocycles. The molecule has 0 N–H and O–H groups in total. The summed E-state index contributed by atoms with van der Waals surface area (Å²) in [6, 6.07) is 0.327. The Hall–Kier alpha value is -0.570. The Morgan fingerprint density at radius 3 is 2.92 bits per heavy atom. The van der Waals surface area contributed by atoms with Crippen LogP contribution in [-0.4, -0.2) is 37.1 Å². The number of nitrogens with zero attached hydrogens (tertiary/aromatic N) is 1. The number of piperidine rings is 1. The van der Waals surface area contributed by atoms with Crippen LogP contribution in [0.15, 0.2) is 0 Å². The minimum atomic E-state index is -0.0263. The van der Waals surface area contributed by atoms with Crippen molar-refractivity contribution in [2.75, 3.05) is 20.2 Å². The van der Waals surface area contributed by atoms with Gasteiger partial charge in [0, 0.05) is 6.04 Å². The lowest BCUT2D eigenvalue weighted by molar-refractivity contribution is -0.151. The Morgan fingerprint density at radius 2 is 2.31 bits per heavy atom. The molecule has 0 radical (unpaired) electrons. The molecule has 1 rings (SSSR count). The lowest BCUT2D eigenvalue weighted by atomic mass is 9.91. The fraction of sp³-hybridized carbons (Fsp3) is 0.900. The van der Waals surface area contributed by atoms with E-state index in [-0.39, 0.29) is 11.9 Å². The number of rotatable bonds is 2. The second-order valence-corrected chi connectivity index (χ2v) is 3.72. The third kappa shape index (κ3) is 2.44. The lowest BCUT2D eigenvalue weighted by Crippen LogP contribution is -2.44. The molecule has 1 saturated heterocycles. The molecule has 13 heavy (non-hydrogen) atoms. The minimum Gasteiger partial charge on any atom is -0.466 e. The van der Waals surface area contributed by atoms with Crippen molar-refractivity contribution in [1.29, 1.82) is 0 Å². The molecule has 1 fully saturated rings. The van der Waals surface area contributed by atoms with Gasteiger partial charge in [0.1, 0.15) is 0 Å². The Kier molecular flexibility index (Phi) is 3.72. The maximum atomic E-state index is 11.5. The number of hydrogen-bond donors (Lipinski definition) is 0. The SMILES string of the molecule is CCOC(=O)[C@@H]1CCCN(C)[C@@H]1C. The summed E-state index contributed by atoms with van der Waals surface area (Å²) in [5, 5.41) is 0. The molecule has 0 aromatic carbocycles. The number of carbonyl (C=O) groups is 1. The van der Waals surface area contributed by atoms with E-state index >= 15 is 0 Å². The smallest absolute Gasteiger partial charge is 0.310 e. The Labute approximate surface area is 80.1 Å². The van der Waals surface area contributed by atoms with Gasteiger partial charge in [-0.3, -0.25) is 4.79 Å². The van der Waals surface area contributed by atoms with Crippen molar-refractivity contribution in [3.05, 3.63) is 0 Å². The summed E-state index contributed by atoms with van der Waals surface area (Å²) in [6.45, 7) is 5.54. The van der Waals surface area contributed by atoms with Gasteiger partial charge in [-0.15, -0.1) is 0 Å². The van der Waals surface area contributed by atoms with Crippen LogP contribution in [0.1, 0.15) is 26.7 Å². The molecule has 3 nitrogen and oxygen atoms in total. The van der Waals surface area contributed by atoms with Gasteiger partial charge in [0.15, 0.2) is 0 Å². The molecule has 3 heteroatoms. The molecular formula is C10H19NO2. The molecule has 0 aromatic rings. The molecule has 2 atom stereocenters. The topological polar surface area (TPSA) is 29.5 Å². The van der Waals surface area contributed by atoms with Gasteiger partial charge in [-0.05, 0) is 40.3 Å². The van der Waals surface area contributed by atoms with Gasteiger partial charge in [0.05, 0.1) is 12.5 Å². The molecule has 0 aliphatic carbocycles. The summed E-state index contributed by atoms with van der Waals surface area (Å²) in [7, 11) is 2.07. The second kappa shape index (κ2) is 4.61. The molecule has 0 bridgehead atoms. The Morgan fingerprint density at radius 1 is 1.62 bits per heavy atom. The minimum absolute atomic E-state index is 0.0263. The van der Waals surface area contributed by atoms with E-state index in [1.54, 1.807) is 0 Å². The van der Waals surface area contributed by atoms with Crippen molar-refractivity contribution in [3.63, 3.8) is 0 Å². The van der Waals surface area contributed by atoms with E-state index in [2.05, 4.69) is 18.9 Å². The summed E-state index contributed by atoms with van der Waals surface area (Å²) in [4.78, 5) is 13.7. The van der Waals surface area contributed by atoms with Gasteiger partial charge < -0.3 is 9.64 Å². The first kappa shape index (κ1) is 10.5. The standard InChI is InChI=1S/C10H19NO2/c1-4-13-10(12)9-6-5-7-11(3)8(9)2/h8-9H,4-7H2,1-3H3/t8-,9-/m1/s1. The van der Waals surface area contributed by atoms with Crippen molar-refractivity contribution in [3.8, 4) is 0 Å². The molecule has 1 heterocycles. The summed E-state index contributed by atoms with van der Waals surface area (Å²) < 4.78 is 5.03. The zero-order chi connectivity index (χ0) is 9.84. The van der Waals surface area contributed by atoms with Crippen LogP contribution in [0, 0.1) is 5.92 Å². The van der Waals surface area contributed by atoms with Gasteiger partial charge in [-0.2, -0.15) is 0 Å².